The molecule has 0 aromatic heterocycles. The number of aliphatic carboxylic acids is 1. The van der Waals surface area contributed by atoms with Gasteiger partial charge in [-0.1, -0.05) is 12.1 Å². The molecule has 0 amide bonds. The molecule has 1 aromatic carbocycles. The second-order valence-electron chi connectivity index (χ2n) is 4.16. The van der Waals surface area contributed by atoms with Gasteiger partial charge in [-0.2, -0.15) is 0 Å². The van der Waals surface area contributed by atoms with Crippen molar-refractivity contribution in [1.82, 2.24) is 5.32 Å². The largest absolute Gasteiger partial charge is 0.497 e. The number of rotatable bonds is 3. The molecular weight excluding hydrogens is 254 g/mol. The molecule has 1 saturated heterocycles. The highest BCUT2D eigenvalue weighted by Crippen LogP contribution is 2.23. The summed E-state index contributed by atoms with van der Waals surface area (Å²) in [6, 6.07) is 6.40. The van der Waals surface area contributed by atoms with Gasteiger partial charge < -0.3 is 9.84 Å². The Morgan fingerprint density at radius 1 is 1.50 bits per heavy atom. The topological polar surface area (TPSA) is 75.6 Å². The number of carboxylic acids is 1. The van der Waals surface area contributed by atoms with Gasteiger partial charge in [0.1, 0.15) is 11.8 Å². The molecule has 0 bridgehead atoms. The van der Waals surface area contributed by atoms with Gasteiger partial charge >= 0.3 is 5.97 Å². The molecule has 1 aliphatic heterocycles. The molecule has 2 N–H and O–H groups in total. The summed E-state index contributed by atoms with van der Waals surface area (Å²) in [4.78, 5) is 11.0. The van der Waals surface area contributed by atoms with Gasteiger partial charge in [-0.15, -0.1) is 0 Å². The van der Waals surface area contributed by atoms with Crippen molar-refractivity contribution in [2.45, 2.75) is 12.1 Å². The first-order valence-electron chi connectivity index (χ1n) is 5.58. The molecule has 5 nitrogen and oxygen atoms in total. The number of methoxy groups -OCH3 is 1. The smallest absolute Gasteiger partial charge is 0.321 e. The summed E-state index contributed by atoms with van der Waals surface area (Å²) >= 11 is 0. The van der Waals surface area contributed by atoms with Crippen molar-refractivity contribution in [2.75, 3.05) is 18.6 Å². The van der Waals surface area contributed by atoms with Gasteiger partial charge in [0.05, 0.1) is 7.11 Å². The van der Waals surface area contributed by atoms with E-state index in [0.717, 1.165) is 5.56 Å². The van der Waals surface area contributed by atoms with Crippen LogP contribution in [0.4, 0.5) is 0 Å². The Morgan fingerprint density at radius 3 is 2.94 bits per heavy atom. The van der Waals surface area contributed by atoms with E-state index in [4.69, 9.17) is 9.84 Å². The molecule has 1 aliphatic rings. The van der Waals surface area contributed by atoms with Crippen LogP contribution in [0.1, 0.15) is 11.6 Å². The van der Waals surface area contributed by atoms with E-state index in [0.29, 0.717) is 11.5 Å². The molecular formula is C12H15NO4S. The van der Waals surface area contributed by atoms with Crippen LogP contribution in [0.3, 0.4) is 0 Å². The summed E-state index contributed by atoms with van der Waals surface area (Å²) < 4.78 is 16.8. The maximum absolute atomic E-state index is 11.7. The Kier molecular flexibility index (Phi) is 3.98. The van der Waals surface area contributed by atoms with Crippen LogP contribution in [0.25, 0.3) is 0 Å². The van der Waals surface area contributed by atoms with E-state index in [-0.39, 0.29) is 11.8 Å². The zero-order valence-electron chi connectivity index (χ0n) is 9.96. The summed E-state index contributed by atoms with van der Waals surface area (Å²) in [6.45, 7) is 0. The van der Waals surface area contributed by atoms with E-state index in [1.807, 2.05) is 24.3 Å². The SMILES string of the molecule is COc1cccc(C2CS(=O)CC(C(=O)O)N2)c1. The van der Waals surface area contributed by atoms with Crippen molar-refractivity contribution in [2.24, 2.45) is 0 Å². The van der Waals surface area contributed by atoms with Crippen molar-refractivity contribution in [1.29, 1.82) is 0 Å². The lowest BCUT2D eigenvalue weighted by Crippen LogP contribution is -2.49. The minimum Gasteiger partial charge on any atom is -0.497 e. The zero-order chi connectivity index (χ0) is 13.1. The van der Waals surface area contributed by atoms with Gasteiger partial charge in [0.2, 0.25) is 0 Å². The number of carbonyl (C=O) groups is 1. The predicted molar refractivity (Wildman–Crippen MR) is 68.2 cm³/mol. The number of ether oxygens (including phenoxy) is 1. The van der Waals surface area contributed by atoms with E-state index >= 15 is 0 Å². The lowest BCUT2D eigenvalue weighted by Gasteiger charge is -2.28. The van der Waals surface area contributed by atoms with Gasteiger partial charge in [0.15, 0.2) is 0 Å². The van der Waals surface area contributed by atoms with Crippen LogP contribution in [-0.2, 0) is 15.6 Å². The fraction of sp³-hybridized carbons (Fsp3) is 0.417. The summed E-state index contributed by atoms with van der Waals surface area (Å²) in [7, 11) is 0.461. The van der Waals surface area contributed by atoms with Crippen LogP contribution in [0.5, 0.6) is 5.75 Å². The van der Waals surface area contributed by atoms with Gasteiger partial charge in [0.25, 0.3) is 0 Å². The van der Waals surface area contributed by atoms with Crippen LogP contribution in [0, 0.1) is 0 Å². The second-order valence-corrected chi connectivity index (χ2v) is 5.71. The Balaban J connectivity index is 2.20. The molecule has 18 heavy (non-hydrogen) atoms. The van der Waals surface area contributed by atoms with Gasteiger partial charge in [-0.3, -0.25) is 14.3 Å². The normalized spacial score (nSPS) is 27.7. The number of carboxylic acid groups (broad SMARTS) is 1. The summed E-state index contributed by atoms with van der Waals surface area (Å²) in [5, 5.41) is 12.0. The van der Waals surface area contributed by atoms with Gasteiger partial charge in [0, 0.05) is 28.3 Å². The molecule has 0 aliphatic carbocycles. The zero-order valence-corrected chi connectivity index (χ0v) is 10.8. The highest BCUT2D eigenvalue weighted by Gasteiger charge is 2.31. The monoisotopic (exact) mass is 269 g/mol. The summed E-state index contributed by atoms with van der Waals surface area (Å²) in [5.41, 5.74) is 0.897. The van der Waals surface area contributed by atoms with Gasteiger partial charge in [-0.05, 0) is 17.7 Å². The Hall–Kier alpha value is -1.40. The van der Waals surface area contributed by atoms with Crippen LogP contribution >= 0.6 is 0 Å². The standard InChI is InChI=1S/C12H15NO4S/c1-17-9-4-2-3-8(5-9)10-6-18(16)7-11(13-10)12(14)15/h2-5,10-11,13H,6-7H2,1H3,(H,14,15). The average Bonchev–Trinajstić information content (AvgIpc) is 2.38. The van der Waals surface area contributed by atoms with E-state index in [1.165, 1.54) is 0 Å². The maximum atomic E-state index is 11.7. The van der Waals surface area contributed by atoms with Gasteiger partial charge in [-0.25, -0.2) is 0 Å². The van der Waals surface area contributed by atoms with Crippen molar-refractivity contribution >= 4 is 16.8 Å². The van der Waals surface area contributed by atoms with Crippen molar-refractivity contribution < 1.29 is 18.8 Å². The highest BCUT2D eigenvalue weighted by molar-refractivity contribution is 7.85. The lowest BCUT2D eigenvalue weighted by molar-refractivity contribution is -0.139. The average molecular weight is 269 g/mol. The van der Waals surface area contributed by atoms with Crippen LogP contribution < -0.4 is 10.1 Å². The molecule has 0 saturated carbocycles. The van der Waals surface area contributed by atoms with E-state index in [2.05, 4.69) is 5.32 Å². The van der Waals surface area contributed by atoms with E-state index in [1.54, 1.807) is 7.11 Å². The third kappa shape index (κ3) is 2.88. The third-order valence-electron chi connectivity index (χ3n) is 2.90. The molecule has 98 valence electrons. The molecule has 0 spiro atoms. The van der Waals surface area contributed by atoms with Crippen LogP contribution in [0.2, 0.25) is 0 Å². The summed E-state index contributed by atoms with van der Waals surface area (Å²) in [6.07, 6.45) is 0. The Bertz CT molecular complexity index is 477. The van der Waals surface area contributed by atoms with Crippen LogP contribution in [0.15, 0.2) is 24.3 Å². The number of hydrogen-bond acceptors (Lipinski definition) is 4. The number of benzene rings is 1. The molecule has 1 heterocycles. The number of nitrogens with one attached hydrogen (secondary N) is 1. The molecule has 1 aromatic rings. The first kappa shape index (κ1) is 13.0. The van der Waals surface area contributed by atoms with Crippen LogP contribution in [-0.4, -0.2) is 39.9 Å². The molecule has 0 radical (unpaired) electrons. The molecule has 3 unspecified atom stereocenters. The Morgan fingerprint density at radius 2 is 2.28 bits per heavy atom. The molecule has 6 heteroatoms. The highest BCUT2D eigenvalue weighted by atomic mass is 32.2. The minimum absolute atomic E-state index is 0.163. The van der Waals surface area contributed by atoms with Crippen molar-refractivity contribution in [3.8, 4) is 5.75 Å². The quantitative estimate of drug-likeness (QED) is 0.837. The maximum Gasteiger partial charge on any atom is 0.321 e. The predicted octanol–water partition coefficient (Wildman–Crippen LogP) is 0.541. The van der Waals surface area contributed by atoms with E-state index in [9.17, 15) is 9.00 Å². The molecule has 3 atom stereocenters. The van der Waals surface area contributed by atoms with Crippen molar-refractivity contribution in [3.05, 3.63) is 29.8 Å². The minimum atomic E-state index is -1.11. The Labute approximate surface area is 108 Å². The molecule has 1 fully saturated rings. The molecule has 2 rings (SSSR count). The lowest BCUT2D eigenvalue weighted by atomic mass is 10.1. The third-order valence-corrected chi connectivity index (χ3v) is 4.31. The first-order chi connectivity index (χ1) is 8.60. The first-order valence-corrected chi connectivity index (χ1v) is 7.06. The second kappa shape index (κ2) is 5.49. The summed E-state index contributed by atoms with van der Waals surface area (Å²) in [5.74, 6) is 0.334. The fourth-order valence-electron chi connectivity index (χ4n) is 1.97. The van der Waals surface area contributed by atoms with Crippen molar-refractivity contribution in [3.63, 3.8) is 0 Å². The fourth-order valence-corrected chi connectivity index (χ4v) is 3.38. The van der Waals surface area contributed by atoms with E-state index < -0.39 is 22.8 Å². The number of hydrogen-bond donors (Lipinski definition) is 2.